The molecule has 0 amide bonds. The Bertz CT molecular complexity index is 771. The number of sulfone groups is 1. The van der Waals surface area contributed by atoms with Gasteiger partial charge in [0.1, 0.15) is 5.82 Å². The van der Waals surface area contributed by atoms with Crippen molar-refractivity contribution in [3.05, 3.63) is 65.5 Å². The first-order chi connectivity index (χ1) is 9.91. The molecule has 0 unspecified atom stereocenters. The van der Waals surface area contributed by atoms with Gasteiger partial charge in [-0.1, -0.05) is 29.8 Å². The average Bonchev–Trinajstić information content (AvgIpc) is 3.12. The molecular formula is C16H16FNO2S. The molecule has 0 aromatic heterocycles. The number of hydrogen-bond donors (Lipinski definition) is 1. The van der Waals surface area contributed by atoms with Crippen LogP contribution in [0.4, 0.5) is 4.39 Å². The van der Waals surface area contributed by atoms with E-state index in [1.54, 1.807) is 36.4 Å². The van der Waals surface area contributed by atoms with Gasteiger partial charge in [-0.25, -0.2) is 12.8 Å². The van der Waals surface area contributed by atoms with Crippen molar-refractivity contribution in [1.82, 2.24) is 0 Å². The first-order valence-electron chi connectivity index (χ1n) is 6.73. The molecule has 0 spiro atoms. The normalized spacial score (nSPS) is 24.8. The average molecular weight is 305 g/mol. The van der Waals surface area contributed by atoms with Crippen LogP contribution in [0, 0.1) is 12.7 Å². The highest BCUT2D eigenvalue weighted by Gasteiger charge is 2.57. The first kappa shape index (κ1) is 14.2. The number of benzene rings is 2. The highest BCUT2D eigenvalue weighted by Crippen LogP contribution is 2.47. The lowest BCUT2D eigenvalue weighted by molar-refractivity contribution is 0.593. The molecule has 2 N–H and O–H groups in total. The zero-order valence-corrected chi connectivity index (χ0v) is 12.3. The molecule has 1 aliphatic rings. The van der Waals surface area contributed by atoms with E-state index in [-0.39, 0.29) is 16.6 Å². The number of aryl methyl sites for hydroxylation is 1. The summed E-state index contributed by atoms with van der Waals surface area (Å²) < 4.78 is 38.5. The fourth-order valence-corrected chi connectivity index (χ4v) is 4.76. The van der Waals surface area contributed by atoms with Crippen molar-refractivity contribution in [2.45, 2.75) is 29.0 Å². The zero-order chi connectivity index (χ0) is 15.2. The second-order valence-corrected chi connectivity index (χ2v) is 7.59. The van der Waals surface area contributed by atoms with Crippen LogP contribution in [0.3, 0.4) is 0 Å². The van der Waals surface area contributed by atoms with Gasteiger partial charge in [-0.3, -0.25) is 0 Å². The number of halogens is 1. The minimum absolute atomic E-state index is 0.271. The van der Waals surface area contributed by atoms with E-state index in [2.05, 4.69) is 0 Å². The second kappa shape index (κ2) is 4.93. The van der Waals surface area contributed by atoms with Gasteiger partial charge in [0.2, 0.25) is 0 Å². The third-order valence-corrected chi connectivity index (χ3v) is 6.20. The van der Waals surface area contributed by atoms with Gasteiger partial charge in [-0.05, 0) is 36.8 Å². The summed E-state index contributed by atoms with van der Waals surface area (Å²) in [5, 5.41) is -0.679. The Labute approximate surface area is 123 Å². The molecule has 3 nitrogen and oxygen atoms in total. The Balaban J connectivity index is 1.93. The number of rotatable bonds is 3. The van der Waals surface area contributed by atoms with Crippen LogP contribution in [0.25, 0.3) is 0 Å². The van der Waals surface area contributed by atoms with Crippen LogP contribution < -0.4 is 5.73 Å². The van der Waals surface area contributed by atoms with Gasteiger partial charge >= 0.3 is 0 Å². The molecule has 2 aromatic carbocycles. The topological polar surface area (TPSA) is 60.2 Å². The van der Waals surface area contributed by atoms with E-state index in [0.29, 0.717) is 5.56 Å². The molecule has 0 radical (unpaired) electrons. The maximum absolute atomic E-state index is 13.3. The van der Waals surface area contributed by atoms with Crippen LogP contribution in [-0.2, 0) is 9.84 Å². The first-order valence-corrected chi connectivity index (χ1v) is 8.27. The predicted molar refractivity (Wildman–Crippen MR) is 79.3 cm³/mol. The summed E-state index contributed by atoms with van der Waals surface area (Å²) in [5.41, 5.74) is 7.58. The summed E-state index contributed by atoms with van der Waals surface area (Å²) in [6.45, 7) is 1.90. The van der Waals surface area contributed by atoms with Crippen LogP contribution in [0.15, 0.2) is 53.4 Å². The summed E-state index contributed by atoms with van der Waals surface area (Å²) in [6, 6.07) is 12.2. The lowest BCUT2D eigenvalue weighted by Gasteiger charge is -2.04. The molecule has 0 saturated heterocycles. The van der Waals surface area contributed by atoms with Gasteiger partial charge in [-0.15, -0.1) is 0 Å². The Hall–Kier alpha value is -1.72. The Morgan fingerprint density at radius 3 is 2.38 bits per heavy atom. The fraction of sp³-hybridized carbons (Fsp3) is 0.250. The molecule has 5 heteroatoms. The number of hydrogen-bond acceptors (Lipinski definition) is 3. The Kier molecular flexibility index (Phi) is 3.34. The van der Waals surface area contributed by atoms with Crippen molar-refractivity contribution in [2.24, 2.45) is 5.73 Å². The zero-order valence-electron chi connectivity index (χ0n) is 11.5. The van der Waals surface area contributed by atoms with Crippen LogP contribution in [0.5, 0.6) is 0 Å². The molecule has 21 heavy (non-hydrogen) atoms. The molecule has 0 aliphatic heterocycles. The van der Waals surface area contributed by atoms with E-state index in [4.69, 9.17) is 5.73 Å². The second-order valence-electron chi connectivity index (χ2n) is 5.48. The van der Waals surface area contributed by atoms with Crippen molar-refractivity contribution in [3.63, 3.8) is 0 Å². The van der Waals surface area contributed by atoms with E-state index in [1.165, 1.54) is 12.1 Å². The van der Waals surface area contributed by atoms with Gasteiger partial charge in [0.25, 0.3) is 0 Å². The Morgan fingerprint density at radius 1 is 1.10 bits per heavy atom. The molecule has 1 saturated carbocycles. The van der Waals surface area contributed by atoms with Gasteiger partial charge in [0.15, 0.2) is 9.84 Å². The lowest BCUT2D eigenvalue weighted by Crippen LogP contribution is -2.15. The van der Waals surface area contributed by atoms with Crippen LogP contribution >= 0.6 is 0 Å². The van der Waals surface area contributed by atoms with E-state index in [1.807, 2.05) is 6.92 Å². The summed E-state index contributed by atoms with van der Waals surface area (Å²) in [7, 11) is -3.49. The fourth-order valence-electron chi connectivity index (χ4n) is 2.72. The maximum Gasteiger partial charge on any atom is 0.183 e. The summed E-state index contributed by atoms with van der Waals surface area (Å²) >= 11 is 0. The standard InChI is InChI=1S/C16H16FNO2S/c1-10-5-7-13(8-6-10)21(19,20)16-14(15(16)18)11-3-2-4-12(17)9-11/h2-9,14-16H,18H2,1H3/t14-,15+,16+/m1/s1. The molecule has 2 aromatic rings. The van der Waals surface area contributed by atoms with Gasteiger partial charge in [0.05, 0.1) is 10.1 Å². The maximum atomic E-state index is 13.3. The predicted octanol–water partition coefficient (Wildman–Crippen LogP) is 2.40. The molecule has 0 heterocycles. The third kappa shape index (κ3) is 2.47. The quantitative estimate of drug-likeness (QED) is 0.947. The summed E-state index contributed by atoms with van der Waals surface area (Å²) in [5.74, 6) is -0.718. The number of nitrogens with two attached hydrogens (primary N) is 1. The molecule has 3 rings (SSSR count). The molecule has 0 bridgehead atoms. The molecular weight excluding hydrogens is 289 g/mol. The van der Waals surface area contributed by atoms with Crippen molar-refractivity contribution in [2.75, 3.05) is 0 Å². The van der Waals surface area contributed by atoms with Crippen molar-refractivity contribution in [3.8, 4) is 0 Å². The summed E-state index contributed by atoms with van der Waals surface area (Å²) in [4.78, 5) is 0.271. The minimum Gasteiger partial charge on any atom is -0.326 e. The smallest absolute Gasteiger partial charge is 0.183 e. The highest BCUT2D eigenvalue weighted by atomic mass is 32.2. The SMILES string of the molecule is Cc1ccc(S(=O)(=O)[C@@H]2[C@@H](N)[C@H]2c2cccc(F)c2)cc1. The van der Waals surface area contributed by atoms with E-state index in [0.717, 1.165) is 5.56 Å². The van der Waals surface area contributed by atoms with E-state index in [9.17, 15) is 12.8 Å². The largest absolute Gasteiger partial charge is 0.326 e. The monoisotopic (exact) mass is 305 g/mol. The van der Waals surface area contributed by atoms with Crippen LogP contribution in [0.1, 0.15) is 17.0 Å². The molecule has 1 aliphatic carbocycles. The van der Waals surface area contributed by atoms with Gasteiger partial charge < -0.3 is 5.73 Å². The van der Waals surface area contributed by atoms with E-state index >= 15 is 0 Å². The Morgan fingerprint density at radius 2 is 1.76 bits per heavy atom. The minimum atomic E-state index is -3.49. The van der Waals surface area contributed by atoms with E-state index < -0.39 is 21.1 Å². The molecule has 110 valence electrons. The van der Waals surface area contributed by atoms with Crippen LogP contribution in [0.2, 0.25) is 0 Å². The van der Waals surface area contributed by atoms with Crippen LogP contribution in [-0.4, -0.2) is 19.7 Å². The van der Waals surface area contributed by atoms with Crippen molar-refractivity contribution < 1.29 is 12.8 Å². The summed E-state index contributed by atoms with van der Waals surface area (Å²) in [6.07, 6.45) is 0. The lowest BCUT2D eigenvalue weighted by atomic mass is 10.1. The van der Waals surface area contributed by atoms with Crippen molar-refractivity contribution >= 4 is 9.84 Å². The molecule has 1 fully saturated rings. The van der Waals surface area contributed by atoms with Gasteiger partial charge in [0, 0.05) is 12.0 Å². The highest BCUT2D eigenvalue weighted by molar-refractivity contribution is 7.92. The van der Waals surface area contributed by atoms with Gasteiger partial charge in [-0.2, -0.15) is 0 Å². The van der Waals surface area contributed by atoms with Crippen molar-refractivity contribution in [1.29, 1.82) is 0 Å². The molecule has 3 atom stereocenters. The third-order valence-electron chi connectivity index (χ3n) is 3.95.